The molecule has 0 atom stereocenters. The zero-order valence-electron chi connectivity index (χ0n) is 33.3. The van der Waals surface area contributed by atoms with Gasteiger partial charge in [-0.25, -0.2) is 9.97 Å². The predicted molar refractivity (Wildman–Crippen MR) is 253 cm³/mol. The molecule has 2 N–H and O–H groups in total. The maximum Gasteiger partial charge on any atom is 0.160 e. The van der Waals surface area contributed by atoms with Crippen molar-refractivity contribution in [3.63, 3.8) is 0 Å². The molecule has 9 aromatic rings. The van der Waals surface area contributed by atoms with Crippen LogP contribution in [-0.4, -0.2) is 15.7 Å². The average molecular weight is 781 g/mol. The van der Waals surface area contributed by atoms with Gasteiger partial charge in [0.2, 0.25) is 0 Å². The maximum atomic E-state index is 9.55. The van der Waals surface area contributed by atoms with Crippen LogP contribution >= 0.6 is 0 Å². The van der Waals surface area contributed by atoms with Crippen LogP contribution in [0, 0.1) is 5.41 Å². The minimum absolute atomic E-state index is 0.465. The lowest BCUT2D eigenvalue weighted by atomic mass is 9.87. The second-order valence-electron chi connectivity index (χ2n) is 15.1. The highest BCUT2D eigenvalue weighted by molar-refractivity contribution is 6.36. The Balaban J connectivity index is 0.990. The smallest absolute Gasteiger partial charge is 0.160 e. The van der Waals surface area contributed by atoms with Gasteiger partial charge in [-0.1, -0.05) is 212 Å². The summed E-state index contributed by atoms with van der Waals surface area (Å²) in [6, 6.07) is 77.2. The first-order chi connectivity index (χ1) is 30.1. The molecule has 4 nitrogen and oxygen atoms in total. The Morgan fingerprint density at radius 3 is 1.33 bits per heavy atom. The van der Waals surface area contributed by atoms with Gasteiger partial charge in [0, 0.05) is 39.1 Å². The summed E-state index contributed by atoms with van der Waals surface area (Å²) in [4.78, 5) is 10.0. The molecule has 2 heterocycles. The number of rotatable bonds is 9. The SMILES string of the molecule is N=C(/C(=C1\NC(c2ccccc2)=Cc2cc(-c3ccc(-c4ccc(-c5nc(-c6ccccc6)cc(-c6ccccc6)n5)cc4)cc3)ccc21)c1ccccc1)c1ccccc1. The molecule has 288 valence electrons. The average Bonchev–Trinajstić information content (AvgIpc) is 3.35. The summed E-state index contributed by atoms with van der Waals surface area (Å²) in [5.74, 6) is 0.694. The Morgan fingerprint density at radius 1 is 0.377 bits per heavy atom. The van der Waals surface area contributed by atoms with Gasteiger partial charge in [-0.2, -0.15) is 0 Å². The molecule has 0 spiro atoms. The number of allylic oxidation sites excluding steroid dienone is 1. The molecule has 0 saturated heterocycles. The molecule has 0 unspecified atom stereocenters. The third-order valence-electron chi connectivity index (χ3n) is 11.2. The van der Waals surface area contributed by atoms with Crippen LogP contribution < -0.4 is 5.32 Å². The van der Waals surface area contributed by atoms with Crippen molar-refractivity contribution in [3.8, 4) is 56.2 Å². The molecule has 8 aromatic carbocycles. The van der Waals surface area contributed by atoms with E-state index in [2.05, 4.69) is 145 Å². The first-order valence-electron chi connectivity index (χ1n) is 20.5. The standard InChI is InChI=1S/C57H40N4/c58-55(46-24-14-5-15-25-46)54(45-22-12-4-13-23-45)56-50-35-34-48(36-49(50)37-51(59-56)42-16-6-1-7-17-42)41-28-26-39(27-29-41)40-30-32-47(33-31-40)57-60-52(43-18-8-2-9-19-43)38-53(61-57)44-20-10-3-11-21-44/h1-38,58-59H/b56-54-,58-55?. The van der Waals surface area contributed by atoms with Gasteiger partial charge < -0.3 is 5.32 Å². The van der Waals surface area contributed by atoms with E-state index < -0.39 is 0 Å². The Bertz CT molecular complexity index is 2990. The largest absolute Gasteiger partial charge is 0.354 e. The summed E-state index contributed by atoms with van der Waals surface area (Å²) in [5, 5.41) is 13.3. The van der Waals surface area contributed by atoms with Gasteiger partial charge >= 0.3 is 0 Å². The first kappa shape index (κ1) is 37.1. The normalized spacial score (nSPS) is 12.8. The van der Waals surface area contributed by atoms with E-state index >= 15 is 0 Å². The zero-order valence-corrected chi connectivity index (χ0v) is 33.3. The molecule has 4 heteroatoms. The van der Waals surface area contributed by atoms with Crippen LogP contribution in [0.3, 0.4) is 0 Å². The van der Waals surface area contributed by atoms with Crippen molar-refractivity contribution in [1.29, 1.82) is 5.41 Å². The van der Waals surface area contributed by atoms with Gasteiger partial charge in [0.1, 0.15) is 0 Å². The Kier molecular flexibility index (Phi) is 10.1. The van der Waals surface area contributed by atoms with Gasteiger partial charge in [-0.15, -0.1) is 0 Å². The van der Waals surface area contributed by atoms with Crippen molar-refractivity contribution >= 4 is 28.8 Å². The molecule has 1 aliphatic heterocycles. The molecule has 0 fully saturated rings. The van der Waals surface area contributed by atoms with Crippen molar-refractivity contribution in [2.45, 2.75) is 0 Å². The van der Waals surface area contributed by atoms with Gasteiger partial charge in [0.15, 0.2) is 5.82 Å². The Labute approximate surface area is 356 Å². The van der Waals surface area contributed by atoms with Crippen LogP contribution in [0.4, 0.5) is 0 Å². The second kappa shape index (κ2) is 16.6. The first-order valence-corrected chi connectivity index (χ1v) is 20.5. The second-order valence-corrected chi connectivity index (χ2v) is 15.1. The monoisotopic (exact) mass is 780 g/mol. The zero-order chi connectivity index (χ0) is 41.0. The molecule has 0 aliphatic carbocycles. The number of hydrogen-bond donors (Lipinski definition) is 2. The van der Waals surface area contributed by atoms with Gasteiger partial charge in [0.25, 0.3) is 0 Å². The van der Waals surface area contributed by atoms with Gasteiger partial charge in [-0.3, -0.25) is 5.41 Å². The lowest BCUT2D eigenvalue weighted by molar-refractivity contribution is 1.18. The summed E-state index contributed by atoms with van der Waals surface area (Å²) >= 11 is 0. The van der Waals surface area contributed by atoms with E-state index in [0.717, 1.165) is 95.1 Å². The van der Waals surface area contributed by atoms with Gasteiger partial charge in [0.05, 0.1) is 22.8 Å². The molecule has 0 radical (unpaired) electrons. The fourth-order valence-electron chi connectivity index (χ4n) is 7.98. The van der Waals surface area contributed by atoms with Crippen LogP contribution in [0.1, 0.15) is 27.8 Å². The highest BCUT2D eigenvalue weighted by Crippen LogP contribution is 2.38. The van der Waals surface area contributed by atoms with Gasteiger partial charge in [-0.05, 0) is 57.2 Å². The molecule has 0 saturated carbocycles. The number of nitrogens with zero attached hydrogens (tertiary/aromatic N) is 2. The Morgan fingerprint density at radius 2 is 0.803 bits per heavy atom. The van der Waals surface area contributed by atoms with Crippen LogP contribution in [0.5, 0.6) is 0 Å². The molecule has 1 aromatic heterocycles. The summed E-state index contributed by atoms with van der Waals surface area (Å²) in [5.41, 5.74) is 17.6. The van der Waals surface area contributed by atoms with Crippen LogP contribution in [0.2, 0.25) is 0 Å². The van der Waals surface area contributed by atoms with E-state index in [-0.39, 0.29) is 0 Å². The molecule has 0 bridgehead atoms. The summed E-state index contributed by atoms with van der Waals surface area (Å²) < 4.78 is 0. The van der Waals surface area contributed by atoms with E-state index in [1.54, 1.807) is 0 Å². The molecule has 1 aliphatic rings. The summed E-state index contributed by atoms with van der Waals surface area (Å²) in [6.45, 7) is 0. The quantitative estimate of drug-likeness (QED) is 0.143. The van der Waals surface area contributed by atoms with E-state index in [0.29, 0.717) is 11.5 Å². The van der Waals surface area contributed by atoms with Crippen LogP contribution in [0.25, 0.3) is 79.2 Å². The minimum Gasteiger partial charge on any atom is -0.354 e. The lowest BCUT2D eigenvalue weighted by Crippen LogP contribution is -2.20. The fraction of sp³-hybridized carbons (Fsp3) is 0. The third kappa shape index (κ3) is 7.74. The molecule has 0 amide bonds. The lowest BCUT2D eigenvalue weighted by Gasteiger charge is -2.26. The number of nitrogens with one attached hydrogen (secondary N) is 2. The number of fused-ring (bicyclic) bond motifs is 1. The molecule has 61 heavy (non-hydrogen) atoms. The molecular formula is C57H40N4. The number of benzene rings is 8. The minimum atomic E-state index is 0.465. The van der Waals surface area contributed by atoms with Crippen molar-refractivity contribution in [2.75, 3.05) is 0 Å². The van der Waals surface area contributed by atoms with Crippen molar-refractivity contribution in [3.05, 3.63) is 252 Å². The molecular weight excluding hydrogens is 741 g/mol. The highest BCUT2D eigenvalue weighted by atomic mass is 14.9. The van der Waals surface area contributed by atoms with Crippen molar-refractivity contribution in [1.82, 2.24) is 15.3 Å². The van der Waals surface area contributed by atoms with E-state index in [9.17, 15) is 5.41 Å². The summed E-state index contributed by atoms with van der Waals surface area (Å²) in [6.07, 6.45) is 2.23. The number of hydrogen-bond acceptors (Lipinski definition) is 4. The van der Waals surface area contributed by atoms with E-state index in [1.807, 2.05) is 91.0 Å². The van der Waals surface area contributed by atoms with E-state index in [4.69, 9.17) is 9.97 Å². The topological polar surface area (TPSA) is 61.7 Å². The van der Waals surface area contributed by atoms with Crippen LogP contribution in [0.15, 0.2) is 224 Å². The summed E-state index contributed by atoms with van der Waals surface area (Å²) in [7, 11) is 0. The maximum absolute atomic E-state index is 9.55. The van der Waals surface area contributed by atoms with Crippen molar-refractivity contribution in [2.24, 2.45) is 0 Å². The highest BCUT2D eigenvalue weighted by Gasteiger charge is 2.24. The number of aromatic nitrogens is 2. The van der Waals surface area contributed by atoms with Crippen LogP contribution in [-0.2, 0) is 0 Å². The third-order valence-corrected chi connectivity index (χ3v) is 11.2. The predicted octanol–water partition coefficient (Wildman–Crippen LogP) is 13.8. The fourth-order valence-corrected chi connectivity index (χ4v) is 7.98. The van der Waals surface area contributed by atoms with E-state index in [1.165, 1.54) is 0 Å². The molecule has 10 rings (SSSR count). The van der Waals surface area contributed by atoms with Crippen molar-refractivity contribution < 1.29 is 0 Å². The Hall–Kier alpha value is -8.21.